The molecule has 3 heteroatoms. The van der Waals surface area contributed by atoms with Gasteiger partial charge in [0.1, 0.15) is 5.65 Å². The molecule has 0 aliphatic heterocycles. The molecule has 8 aromatic rings. The van der Waals surface area contributed by atoms with Gasteiger partial charge in [-0.1, -0.05) is 127 Å². The summed E-state index contributed by atoms with van der Waals surface area (Å²) in [6.45, 7) is 0. The molecule has 2 aliphatic rings. The van der Waals surface area contributed by atoms with Crippen LogP contribution in [0.4, 0.5) is 11.4 Å². The largest absolute Gasteiger partial charge is 0.314 e. The zero-order chi connectivity index (χ0) is 34.4. The smallest absolute Gasteiger partial charge is 0.146 e. The highest BCUT2D eigenvalue weighted by atomic mass is 15.1. The molecule has 0 saturated heterocycles. The monoisotopic (exact) mass is 667 g/mol. The number of anilines is 2. The molecule has 0 radical (unpaired) electrons. The topological polar surface area (TPSA) is 20.5 Å². The second kappa shape index (κ2) is 12.7. The summed E-state index contributed by atoms with van der Waals surface area (Å²) in [5, 5.41) is 3.67. The van der Waals surface area contributed by atoms with Crippen LogP contribution in [-0.2, 0) is 0 Å². The maximum atomic E-state index is 5.10. The lowest BCUT2D eigenvalue weighted by Crippen LogP contribution is -2.18. The van der Waals surface area contributed by atoms with Crippen molar-refractivity contribution in [1.29, 1.82) is 0 Å². The lowest BCUT2D eigenvalue weighted by molar-refractivity contribution is 0.853. The van der Waals surface area contributed by atoms with Crippen LogP contribution in [0.2, 0.25) is 0 Å². The summed E-state index contributed by atoms with van der Waals surface area (Å²) in [4.78, 5) is 7.54. The van der Waals surface area contributed by atoms with Crippen LogP contribution in [0.3, 0.4) is 0 Å². The molecule has 0 saturated carbocycles. The standard InChI is InChI=1S/C49H37N3/c1-3-11-34(12-4-1)36-19-26-40(27-20-36)51(41-28-21-37(22-29-41)35-13-5-2-6-14-35)42-30-23-38(24-31-42)39-25-32-44-45(33-39)43-15-7-9-17-47(43)52-48-18-10-8-16-46(48)50-49(44)52/h1-13,15-23,25-30,32-33,35H,14,24,31H2. The maximum absolute atomic E-state index is 5.10. The number of fused-ring (bicyclic) bond motifs is 8. The molecular formula is C49H37N3. The van der Waals surface area contributed by atoms with E-state index in [9.17, 15) is 0 Å². The van der Waals surface area contributed by atoms with Crippen LogP contribution in [0.15, 0.2) is 188 Å². The number of hydrogen-bond acceptors (Lipinski definition) is 2. The Kier molecular flexibility index (Phi) is 7.42. The Hall–Kier alpha value is -6.45. The van der Waals surface area contributed by atoms with Gasteiger partial charge in [0.05, 0.1) is 16.6 Å². The Morgan fingerprint density at radius 3 is 2.04 bits per heavy atom. The van der Waals surface area contributed by atoms with Crippen LogP contribution in [-0.4, -0.2) is 9.38 Å². The van der Waals surface area contributed by atoms with Gasteiger partial charge in [0.2, 0.25) is 0 Å². The van der Waals surface area contributed by atoms with Crippen molar-refractivity contribution in [2.45, 2.75) is 25.2 Å². The molecule has 248 valence electrons. The van der Waals surface area contributed by atoms with E-state index in [1.54, 1.807) is 0 Å². The molecule has 0 N–H and O–H groups in total. The van der Waals surface area contributed by atoms with Crippen molar-refractivity contribution in [2.24, 2.45) is 0 Å². The average molecular weight is 668 g/mol. The van der Waals surface area contributed by atoms with E-state index < -0.39 is 0 Å². The Morgan fingerprint density at radius 1 is 0.558 bits per heavy atom. The Bertz CT molecular complexity index is 2740. The number of pyridine rings is 1. The van der Waals surface area contributed by atoms with Crippen molar-refractivity contribution in [2.75, 3.05) is 4.90 Å². The van der Waals surface area contributed by atoms with Crippen LogP contribution in [0, 0.1) is 0 Å². The zero-order valence-electron chi connectivity index (χ0n) is 28.9. The Morgan fingerprint density at radius 2 is 1.27 bits per heavy atom. The van der Waals surface area contributed by atoms with Gasteiger partial charge in [-0.2, -0.15) is 0 Å². The van der Waals surface area contributed by atoms with Crippen LogP contribution in [0.25, 0.3) is 55.1 Å². The maximum Gasteiger partial charge on any atom is 0.146 e. The number of para-hydroxylation sites is 3. The number of nitrogens with zero attached hydrogens (tertiary/aromatic N) is 3. The molecule has 6 aromatic carbocycles. The van der Waals surface area contributed by atoms with Gasteiger partial charge in [0.15, 0.2) is 0 Å². The van der Waals surface area contributed by atoms with Crippen molar-refractivity contribution in [3.05, 3.63) is 199 Å². The van der Waals surface area contributed by atoms with Gasteiger partial charge in [0, 0.05) is 33.8 Å². The zero-order valence-corrected chi connectivity index (χ0v) is 28.9. The minimum atomic E-state index is 0.430. The SMILES string of the molecule is C1=CCC(c2ccc(N(C3=CC=C(c4ccc5c(c4)c4ccccc4n4c6ccccc6nc54)CC3)c3ccc(-c4ccccc4)cc3)cc2)C=C1. The molecule has 0 bridgehead atoms. The molecule has 0 fully saturated rings. The third kappa shape index (κ3) is 5.25. The van der Waals surface area contributed by atoms with Crippen molar-refractivity contribution >= 4 is 55.3 Å². The predicted octanol–water partition coefficient (Wildman–Crippen LogP) is 13.0. The molecule has 1 atom stereocenters. The van der Waals surface area contributed by atoms with Crippen LogP contribution in [0.1, 0.15) is 36.3 Å². The highest BCUT2D eigenvalue weighted by molar-refractivity contribution is 6.14. The fraction of sp³-hybridized carbons (Fsp3) is 0.0816. The molecule has 10 rings (SSSR count). The van der Waals surface area contributed by atoms with E-state index >= 15 is 0 Å². The molecular weight excluding hydrogens is 631 g/mol. The second-order valence-electron chi connectivity index (χ2n) is 13.9. The normalized spacial score (nSPS) is 15.7. The number of hydrogen-bond donors (Lipinski definition) is 0. The Labute approximate surface area is 303 Å². The van der Waals surface area contributed by atoms with Crippen molar-refractivity contribution < 1.29 is 0 Å². The highest BCUT2D eigenvalue weighted by Gasteiger charge is 2.20. The van der Waals surface area contributed by atoms with E-state index in [1.165, 1.54) is 66.6 Å². The predicted molar refractivity (Wildman–Crippen MR) is 219 cm³/mol. The van der Waals surface area contributed by atoms with E-state index in [0.29, 0.717) is 5.92 Å². The van der Waals surface area contributed by atoms with Crippen LogP contribution < -0.4 is 4.90 Å². The lowest BCUT2D eigenvalue weighted by Gasteiger charge is -2.30. The first kappa shape index (κ1) is 30.4. The second-order valence-corrected chi connectivity index (χ2v) is 13.9. The van der Waals surface area contributed by atoms with Gasteiger partial charge in [-0.25, -0.2) is 4.98 Å². The quantitative estimate of drug-likeness (QED) is 0.165. The molecule has 3 nitrogen and oxygen atoms in total. The molecule has 2 heterocycles. The van der Waals surface area contributed by atoms with Crippen molar-refractivity contribution in [3.63, 3.8) is 0 Å². The fourth-order valence-corrected chi connectivity index (χ4v) is 8.17. The number of imidazole rings is 1. The summed E-state index contributed by atoms with van der Waals surface area (Å²) in [6, 6.07) is 52.9. The van der Waals surface area contributed by atoms with E-state index in [1.807, 2.05) is 0 Å². The van der Waals surface area contributed by atoms with Gasteiger partial charge in [0.25, 0.3) is 0 Å². The van der Waals surface area contributed by atoms with Crippen LogP contribution >= 0.6 is 0 Å². The number of allylic oxidation sites excluding steroid dienone is 8. The third-order valence-corrected chi connectivity index (χ3v) is 10.8. The molecule has 2 aromatic heterocycles. The fourth-order valence-electron chi connectivity index (χ4n) is 8.17. The van der Waals surface area contributed by atoms with E-state index in [0.717, 1.165) is 35.9 Å². The Balaban J connectivity index is 1.04. The minimum Gasteiger partial charge on any atom is -0.314 e. The summed E-state index contributed by atoms with van der Waals surface area (Å²) >= 11 is 0. The third-order valence-electron chi connectivity index (χ3n) is 10.8. The number of aromatic nitrogens is 2. The van der Waals surface area contributed by atoms with Crippen molar-refractivity contribution in [3.8, 4) is 11.1 Å². The summed E-state index contributed by atoms with van der Waals surface area (Å²) in [6.07, 6.45) is 16.5. The van der Waals surface area contributed by atoms with Crippen molar-refractivity contribution in [1.82, 2.24) is 9.38 Å². The van der Waals surface area contributed by atoms with Gasteiger partial charge in [-0.15, -0.1) is 0 Å². The molecule has 0 amide bonds. The van der Waals surface area contributed by atoms with Crippen LogP contribution in [0.5, 0.6) is 0 Å². The first-order valence-electron chi connectivity index (χ1n) is 18.3. The van der Waals surface area contributed by atoms with Gasteiger partial charge >= 0.3 is 0 Å². The van der Waals surface area contributed by atoms with Gasteiger partial charge in [-0.3, -0.25) is 4.40 Å². The molecule has 2 aliphatic carbocycles. The van der Waals surface area contributed by atoms with Gasteiger partial charge < -0.3 is 4.90 Å². The first-order valence-corrected chi connectivity index (χ1v) is 18.3. The first-order chi connectivity index (χ1) is 25.8. The molecule has 52 heavy (non-hydrogen) atoms. The van der Waals surface area contributed by atoms with Gasteiger partial charge in [-0.05, 0) is 107 Å². The molecule has 0 spiro atoms. The summed E-state index contributed by atoms with van der Waals surface area (Å²) in [7, 11) is 0. The average Bonchev–Trinajstić information content (AvgIpc) is 3.63. The lowest BCUT2D eigenvalue weighted by atomic mass is 9.91. The highest BCUT2D eigenvalue weighted by Crippen LogP contribution is 2.40. The number of benzene rings is 6. The van der Waals surface area contributed by atoms with E-state index in [-0.39, 0.29) is 0 Å². The van der Waals surface area contributed by atoms with E-state index in [2.05, 4.69) is 191 Å². The minimum absolute atomic E-state index is 0.430. The number of rotatable bonds is 6. The summed E-state index contributed by atoms with van der Waals surface area (Å²) in [5.41, 5.74) is 14.4. The summed E-state index contributed by atoms with van der Waals surface area (Å²) < 4.78 is 2.32. The summed E-state index contributed by atoms with van der Waals surface area (Å²) in [5.74, 6) is 0.430. The molecule has 1 unspecified atom stereocenters. The van der Waals surface area contributed by atoms with E-state index in [4.69, 9.17) is 4.98 Å².